The van der Waals surface area contributed by atoms with Crippen molar-refractivity contribution in [2.75, 3.05) is 44.7 Å². The maximum Gasteiger partial charge on any atom is 0.227 e. The van der Waals surface area contributed by atoms with E-state index in [0.717, 1.165) is 41.6 Å². The van der Waals surface area contributed by atoms with Gasteiger partial charge in [0.1, 0.15) is 0 Å². The van der Waals surface area contributed by atoms with E-state index in [9.17, 15) is 14.4 Å². The first-order chi connectivity index (χ1) is 18.5. The molecule has 8 nitrogen and oxygen atoms in total. The van der Waals surface area contributed by atoms with E-state index in [2.05, 4.69) is 22.5 Å². The molecule has 0 saturated carbocycles. The van der Waals surface area contributed by atoms with Gasteiger partial charge in [0.15, 0.2) is 0 Å². The Balaban J connectivity index is 1.35. The van der Waals surface area contributed by atoms with Crippen molar-refractivity contribution in [3.8, 4) is 11.8 Å². The number of anilines is 1. The Bertz CT molecular complexity index is 1150. The van der Waals surface area contributed by atoms with Gasteiger partial charge in [0.2, 0.25) is 17.7 Å². The molecule has 8 heteroatoms. The highest BCUT2D eigenvalue weighted by atomic mass is 16.3. The van der Waals surface area contributed by atoms with Gasteiger partial charge in [-0.15, -0.1) is 0 Å². The lowest BCUT2D eigenvalue weighted by Crippen LogP contribution is -2.33. The van der Waals surface area contributed by atoms with E-state index in [4.69, 9.17) is 5.11 Å². The number of fused-ring (bicyclic) bond motifs is 2. The molecule has 3 N–H and O–H groups in total. The highest BCUT2D eigenvalue weighted by molar-refractivity contribution is 5.95. The summed E-state index contributed by atoms with van der Waals surface area (Å²) >= 11 is 0. The van der Waals surface area contributed by atoms with Crippen molar-refractivity contribution in [2.24, 2.45) is 0 Å². The van der Waals surface area contributed by atoms with Gasteiger partial charge in [0.25, 0.3) is 0 Å². The van der Waals surface area contributed by atoms with E-state index >= 15 is 0 Å². The van der Waals surface area contributed by atoms with Gasteiger partial charge in [-0.2, -0.15) is 0 Å². The van der Waals surface area contributed by atoms with Crippen molar-refractivity contribution in [3.05, 3.63) is 65.2 Å². The minimum absolute atomic E-state index is 0.0188. The molecular weight excluding hydrogens is 480 g/mol. The number of aliphatic hydroxyl groups excluding tert-OH is 1. The van der Waals surface area contributed by atoms with Gasteiger partial charge >= 0.3 is 0 Å². The quantitative estimate of drug-likeness (QED) is 0.263. The molecular formula is C30H38N4O4. The van der Waals surface area contributed by atoms with Gasteiger partial charge in [-0.3, -0.25) is 14.4 Å². The van der Waals surface area contributed by atoms with Crippen molar-refractivity contribution in [1.29, 1.82) is 0 Å². The van der Waals surface area contributed by atoms with E-state index < -0.39 is 0 Å². The van der Waals surface area contributed by atoms with Crippen molar-refractivity contribution in [2.45, 2.75) is 45.1 Å². The second kappa shape index (κ2) is 15.6. The normalized spacial score (nSPS) is 11.9. The summed E-state index contributed by atoms with van der Waals surface area (Å²) in [5, 5.41) is 14.3. The minimum Gasteiger partial charge on any atom is -0.395 e. The molecule has 0 atom stereocenters. The minimum atomic E-state index is -0.108. The fourth-order valence-electron chi connectivity index (χ4n) is 4.22. The number of rotatable bonds is 14. The zero-order valence-electron chi connectivity index (χ0n) is 22.2. The number of para-hydroxylation sites is 1. The molecule has 3 amide bonds. The Morgan fingerprint density at radius 1 is 0.842 bits per heavy atom. The Morgan fingerprint density at radius 2 is 1.47 bits per heavy atom. The summed E-state index contributed by atoms with van der Waals surface area (Å²) in [5.74, 6) is 6.41. The Kier molecular flexibility index (Phi) is 11.8. The van der Waals surface area contributed by atoms with E-state index in [0.29, 0.717) is 45.4 Å². The van der Waals surface area contributed by atoms with Crippen LogP contribution in [-0.4, -0.2) is 67.6 Å². The smallest absolute Gasteiger partial charge is 0.227 e. The van der Waals surface area contributed by atoms with Crippen molar-refractivity contribution >= 4 is 23.4 Å². The average molecular weight is 519 g/mol. The SMILES string of the molecule is CN(CCC(=O)NCCO)CCC(=O)NCCCCCC(=O)N1Cc2ccccc2C#Cc2ccccc21. The summed E-state index contributed by atoms with van der Waals surface area (Å²) < 4.78 is 0. The van der Waals surface area contributed by atoms with E-state index in [1.54, 1.807) is 0 Å². The predicted octanol–water partition coefficient (Wildman–Crippen LogP) is 2.43. The van der Waals surface area contributed by atoms with Gasteiger partial charge in [0, 0.05) is 56.6 Å². The summed E-state index contributed by atoms with van der Waals surface area (Å²) in [7, 11) is 1.87. The lowest BCUT2D eigenvalue weighted by atomic mass is 10.0. The standard InChI is InChI=1S/C30H38N4O4/c1-33(21-17-29(37)32-19-22-35)20-16-28(36)31-18-8-2-3-13-30(38)34-23-26-11-5-4-9-24(26)14-15-25-10-6-7-12-27(25)34/h4-7,9-12,35H,2-3,8,13,16-23H2,1H3,(H,31,36)(H,32,37). The van der Waals surface area contributed by atoms with Crippen LogP contribution < -0.4 is 15.5 Å². The molecule has 0 bridgehead atoms. The first-order valence-corrected chi connectivity index (χ1v) is 13.3. The fraction of sp³-hybridized carbons (Fsp3) is 0.433. The third-order valence-electron chi connectivity index (χ3n) is 6.44. The van der Waals surface area contributed by atoms with Crippen LogP contribution in [0.2, 0.25) is 0 Å². The number of carbonyl (C=O) groups is 3. The van der Waals surface area contributed by atoms with Gasteiger partial charge in [0.05, 0.1) is 18.8 Å². The van der Waals surface area contributed by atoms with Crippen LogP contribution in [0.3, 0.4) is 0 Å². The largest absolute Gasteiger partial charge is 0.395 e. The zero-order valence-corrected chi connectivity index (χ0v) is 22.2. The van der Waals surface area contributed by atoms with Crippen LogP contribution in [0, 0.1) is 11.8 Å². The molecule has 202 valence electrons. The molecule has 3 rings (SSSR count). The lowest BCUT2D eigenvalue weighted by molar-refractivity contribution is -0.121. The summed E-state index contributed by atoms with van der Waals surface area (Å²) in [5.41, 5.74) is 3.70. The molecule has 0 unspecified atom stereocenters. The number of amides is 3. The molecule has 0 saturated heterocycles. The number of carbonyl (C=O) groups excluding carboxylic acids is 3. The van der Waals surface area contributed by atoms with Crippen LogP contribution in [0.4, 0.5) is 5.69 Å². The van der Waals surface area contributed by atoms with Crippen LogP contribution in [0.15, 0.2) is 48.5 Å². The van der Waals surface area contributed by atoms with Crippen LogP contribution in [0.1, 0.15) is 55.2 Å². The maximum absolute atomic E-state index is 13.2. The number of unbranched alkanes of at least 4 members (excludes halogenated alkanes) is 2. The van der Waals surface area contributed by atoms with Crippen LogP contribution in [-0.2, 0) is 20.9 Å². The summed E-state index contributed by atoms with van der Waals surface area (Å²) in [4.78, 5) is 40.7. The molecule has 1 heterocycles. The zero-order chi connectivity index (χ0) is 27.2. The number of hydrogen-bond donors (Lipinski definition) is 3. The molecule has 0 aromatic heterocycles. The summed E-state index contributed by atoms with van der Waals surface area (Å²) in [6.07, 6.45) is 3.55. The second-order valence-electron chi connectivity index (χ2n) is 9.44. The number of benzene rings is 2. The first kappa shape index (κ1) is 28.9. The lowest BCUT2D eigenvalue weighted by Gasteiger charge is -2.26. The molecule has 38 heavy (non-hydrogen) atoms. The molecule has 1 aliphatic rings. The molecule has 0 aliphatic carbocycles. The van der Waals surface area contributed by atoms with Gasteiger partial charge < -0.3 is 25.5 Å². The Morgan fingerprint density at radius 3 is 2.21 bits per heavy atom. The summed E-state index contributed by atoms with van der Waals surface area (Å²) in [6.45, 7) is 2.38. The topological polar surface area (TPSA) is 102 Å². The van der Waals surface area contributed by atoms with Gasteiger partial charge in [-0.25, -0.2) is 0 Å². The van der Waals surface area contributed by atoms with Crippen molar-refractivity contribution in [3.63, 3.8) is 0 Å². The highest BCUT2D eigenvalue weighted by Crippen LogP contribution is 2.26. The first-order valence-electron chi connectivity index (χ1n) is 13.3. The van der Waals surface area contributed by atoms with Crippen molar-refractivity contribution in [1.82, 2.24) is 15.5 Å². The Hall–Kier alpha value is -3.67. The highest BCUT2D eigenvalue weighted by Gasteiger charge is 2.20. The van der Waals surface area contributed by atoms with Gasteiger partial charge in [-0.1, -0.05) is 48.6 Å². The number of hydrogen-bond acceptors (Lipinski definition) is 5. The third kappa shape index (κ3) is 9.33. The summed E-state index contributed by atoms with van der Waals surface area (Å²) in [6, 6.07) is 15.7. The monoisotopic (exact) mass is 518 g/mol. The molecule has 0 spiro atoms. The molecule has 2 aromatic rings. The maximum atomic E-state index is 13.2. The van der Waals surface area contributed by atoms with E-state index in [1.165, 1.54) is 0 Å². The molecule has 1 aliphatic heterocycles. The number of aliphatic hydroxyl groups is 1. The van der Waals surface area contributed by atoms with Crippen LogP contribution in [0.25, 0.3) is 0 Å². The third-order valence-corrected chi connectivity index (χ3v) is 6.44. The predicted molar refractivity (Wildman–Crippen MR) is 148 cm³/mol. The molecule has 0 fully saturated rings. The van der Waals surface area contributed by atoms with Gasteiger partial charge in [-0.05, 0) is 43.7 Å². The fourth-order valence-corrected chi connectivity index (χ4v) is 4.22. The molecule has 2 aromatic carbocycles. The Labute approximate surface area is 225 Å². The van der Waals surface area contributed by atoms with Crippen LogP contribution >= 0.6 is 0 Å². The van der Waals surface area contributed by atoms with E-state index in [1.807, 2.05) is 65.4 Å². The second-order valence-corrected chi connectivity index (χ2v) is 9.44. The van der Waals surface area contributed by atoms with E-state index in [-0.39, 0.29) is 30.9 Å². The van der Waals surface area contributed by atoms with Crippen molar-refractivity contribution < 1.29 is 19.5 Å². The van der Waals surface area contributed by atoms with Crippen LogP contribution in [0.5, 0.6) is 0 Å². The average Bonchev–Trinajstić information content (AvgIpc) is 2.92. The number of nitrogens with one attached hydrogen (secondary N) is 2. The molecule has 0 radical (unpaired) electrons. The number of nitrogens with zero attached hydrogens (tertiary/aromatic N) is 2.